The molecule has 3 unspecified atom stereocenters. The monoisotopic (exact) mass is 436 g/mol. The van der Waals surface area contributed by atoms with Gasteiger partial charge in [-0.1, -0.05) is 30.2 Å². The smallest absolute Gasteiger partial charge is 0.114 e. The third-order valence-electron chi connectivity index (χ3n) is 8.49. The highest BCUT2D eigenvalue weighted by atomic mass is 16.5. The van der Waals surface area contributed by atoms with Crippen molar-refractivity contribution in [2.75, 3.05) is 6.61 Å². The number of hydrogen-bond acceptors (Lipinski definition) is 5. The van der Waals surface area contributed by atoms with Crippen LogP contribution >= 0.6 is 0 Å². The topological polar surface area (TPSA) is 90.2 Å². The van der Waals surface area contributed by atoms with E-state index < -0.39 is 23.4 Å². The molecule has 6 atom stereocenters. The van der Waals surface area contributed by atoms with Crippen LogP contribution < -0.4 is 0 Å². The van der Waals surface area contributed by atoms with Gasteiger partial charge in [-0.3, -0.25) is 0 Å². The lowest BCUT2D eigenvalue weighted by Crippen LogP contribution is -2.52. The predicted octanol–water partition coefficient (Wildman–Crippen LogP) is 3.89. The van der Waals surface area contributed by atoms with Gasteiger partial charge in [0.2, 0.25) is 0 Å². The highest BCUT2D eigenvalue weighted by molar-refractivity contribution is 5.27. The number of rotatable bonds is 6. The Morgan fingerprint density at radius 1 is 1.13 bits per heavy atom. The fourth-order valence-electron chi connectivity index (χ4n) is 6.24. The quantitative estimate of drug-likeness (QED) is 0.507. The van der Waals surface area contributed by atoms with Crippen LogP contribution in [0.4, 0.5) is 0 Å². The van der Waals surface area contributed by atoms with Crippen LogP contribution in [0.1, 0.15) is 86.0 Å². The second-order valence-corrected chi connectivity index (χ2v) is 11.5. The van der Waals surface area contributed by atoms with Crippen molar-refractivity contribution in [3.63, 3.8) is 0 Å². The van der Waals surface area contributed by atoms with Crippen LogP contribution in [-0.4, -0.2) is 56.5 Å². The van der Waals surface area contributed by atoms with Crippen LogP contribution in [0, 0.1) is 17.3 Å². The Kier molecular flexibility index (Phi) is 7.44. The molecular formula is C26H44O5. The molecule has 0 heterocycles. The maximum atomic E-state index is 10.2. The van der Waals surface area contributed by atoms with Crippen molar-refractivity contribution < 1.29 is 25.2 Å². The molecule has 0 aromatic carbocycles. The largest absolute Gasteiger partial charge is 0.390 e. The molecule has 3 fully saturated rings. The molecule has 3 aliphatic rings. The van der Waals surface area contributed by atoms with Gasteiger partial charge >= 0.3 is 0 Å². The van der Waals surface area contributed by atoms with Gasteiger partial charge in [-0.25, -0.2) is 0 Å². The fraction of sp³-hybridized carbons (Fsp3) is 0.846. The summed E-state index contributed by atoms with van der Waals surface area (Å²) in [5.41, 5.74) is 0.585. The van der Waals surface area contributed by atoms with Gasteiger partial charge in [-0.2, -0.15) is 0 Å². The molecule has 0 radical (unpaired) electrons. The molecule has 5 nitrogen and oxygen atoms in total. The van der Waals surface area contributed by atoms with Crippen molar-refractivity contribution >= 4 is 0 Å². The zero-order chi connectivity index (χ0) is 23.0. The summed E-state index contributed by atoms with van der Waals surface area (Å²) < 4.78 is 6.18. The molecule has 0 bridgehead atoms. The molecule has 4 N–H and O–H groups in total. The third kappa shape index (κ3) is 5.44. The Labute approximate surface area is 188 Å². The van der Waals surface area contributed by atoms with Crippen molar-refractivity contribution in [3.05, 3.63) is 23.3 Å². The molecule has 0 aliphatic heterocycles. The molecule has 5 heteroatoms. The van der Waals surface area contributed by atoms with E-state index in [4.69, 9.17) is 4.74 Å². The fourth-order valence-corrected chi connectivity index (χ4v) is 6.24. The Hall–Kier alpha value is -0.720. The van der Waals surface area contributed by atoms with Gasteiger partial charge in [-0.15, -0.1) is 0 Å². The van der Waals surface area contributed by atoms with Crippen LogP contribution in [0.15, 0.2) is 23.3 Å². The van der Waals surface area contributed by atoms with Gasteiger partial charge in [0.05, 0.1) is 23.9 Å². The minimum atomic E-state index is -1.44. The SMILES string of the molecule is C[C@@H](OCCC(C)(C)O)C1CCC2/C(=C/C=C3C[C@@H](O)C(C)(O)[C@H](O)C3)CCCC21C. The molecule has 178 valence electrons. The first kappa shape index (κ1) is 24.9. The molecule has 0 saturated heterocycles. The summed E-state index contributed by atoms with van der Waals surface area (Å²) in [5.74, 6) is 1.06. The summed E-state index contributed by atoms with van der Waals surface area (Å²) in [6.45, 7) is 10.4. The molecular weight excluding hydrogens is 392 g/mol. The Morgan fingerprint density at radius 3 is 2.39 bits per heavy atom. The van der Waals surface area contributed by atoms with E-state index in [1.165, 1.54) is 38.2 Å². The number of allylic oxidation sites excluding steroid dienone is 3. The molecule has 3 saturated carbocycles. The van der Waals surface area contributed by atoms with Crippen molar-refractivity contribution in [2.45, 2.75) is 115 Å². The number of fused-ring (bicyclic) bond motifs is 1. The molecule has 0 aromatic rings. The minimum absolute atomic E-state index is 0.181. The maximum Gasteiger partial charge on any atom is 0.114 e. The molecule has 0 aromatic heterocycles. The highest BCUT2D eigenvalue weighted by Gasteiger charge is 2.51. The van der Waals surface area contributed by atoms with E-state index in [-0.39, 0.29) is 11.5 Å². The summed E-state index contributed by atoms with van der Waals surface area (Å²) in [4.78, 5) is 0. The van der Waals surface area contributed by atoms with E-state index in [9.17, 15) is 20.4 Å². The first-order chi connectivity index (χ1) is 14.3. The average molecular weight is 437 g/mol. The summed E-state index contributed by atoms with van der Waals surface area (Å²) in [5, 5.41) is 40.6. The van der Waals surface area contributed by atoms with Gasteiger partial charge in [0.15, 0.2) is 0 Å². The van der Waals surface area contributed by atoms with Crippen molar-refractivity contribution in [2.24, 2.45) is 17.3 Å². The first-order valence-electron chi connectivity index (χ1n) is 12.2. The number of hydrogen-bond donors (Lipinski definition) is 4. The zero-order valence-corrected chi connectivity index (χ0v) is 20.1. The molecule has 0 spiro atoms. The normalized spacial score (nSPS) is 41.3. The Balaban J connectivity index is 1.68. The average Bonchev–Trinajstić information content (AvgIpc) is 3.01. The summed E-state index contributed by atoms with van der Waals surface area (Å²) >= 11 is 0. The van der Waals surface area contributed by atoms with E-state index in [1.807, 2.05) is 13.8 Å². The molecule has 31 heavy (non-hydrogen) atoms. The zero-order valence-electron chi connectivity index (χ0n) is 20.1. The first-order valence-corrected chi connectivity index (χ1v) is 12.2. The number of aliphatic hydroxyl groups excluding tert-OH is 2. The number of ether oxygens (including phenoxy) is 1. The van der Waals surface area contributed by atoms with Crippen molar-refractivity contribution in [3.8, 4) is 0 Å². The van der Waals surface area contributed by atoms with Gasteiger partial charge in [-0.05, 0) is 96.3 Å². The molecule has 0 amide bonds. The number of aliphatic hydroxyl groups is 4. The molecule has 3 rings (SSSR count). The summed E-state index contributed by atoms with van der Waals surface area (Å²) in [6.07, 6.45) is 9.93. The van der Waals surface area contributed by atoms with Crippen LogP contribution in [-0.2, 0) is 4.74 Å². The van der Waals surface area contributed by atoms with E-state index >= 15 is 0 Å². The standard InChI is InChI=1S/C26H44O5/c1-17(31-14-13-24(2,3)29)20-10-11-21-19(7-6-12-25(20,21)4)9-8-18-15-22(27)26(5,30)23(28)16-18/h8-9,17,20-23,27-30H,6-7,10-16H2,1-5H3/b18-8?,19-9+/t17-,20?,21?,22-,23-,25?,26?/m1/s1. The van der Waals surface area contributed by atoms with Crippen LogP contribution in [0.2, 0.25) is 0 Å². The summed E-state index contributed by atoms with van der Waals surface area (Å²) in [6, 6.07) is 0. The second kappa shape index (κ2) is 9.26. The van der Waals surface area contributed by atoms with Gasteiger partial charge in [0.1, 0.15) is 5.60 Å². The van der Waals surface area contributed by atoms with Crippen LogP contribution in [0.3, 0.4) is 0 Å². The van der Waals surface area contributed by atoms with E-state index in [1.54, 1.807) is 0 Å². The predicted molar refractivity (Wildman–Crippen MR) is 123 cm³/mol. The van der Waals surface area contributed by atoms with Gasteiger partial charge < -0.3 is 25.2 Å². The second-order valence-electron chi connectivity index (χ2n) is 11.5. The maximum absolute atomic E-state index is 10.2. The van der Waals surface area contributed by atoms with Crippen molar-refractivity contribution in [1.29, 1.82) is 0 Å². The van der Waals surface area contributed by atoms with Crippen LogP contribution in [0.5, 0.6) is 0 Å². The van der Waals surface area contributed by atoms with E-state index in [2.05, 4.69) is 26.0 Å². The lowest BCUT2D eigenvalue weighted by atomic mass is 9.62. The van der Waals surface area contributed by atoms with Crippen molar-refractivity contribution in [1.82, 2.24) is 0 Å². The van der Waals surface area contributed by atoms with Gasteiger partial charge in [0, 0.05) is 6.61 Å². The lowest BCUT2D eigenvalue weighted by Gasteiger charge is -2.44. The third-order valence-corrected chi connectivity index (χ3v) is 8.49. The summed E-state index contributed by atoms with van der Waals surface area (Å²) in [7, 11) is 0. The Bertz CT molecular complexity index is 672. The molecule has 3 aliphatic carbocycles. The minimum Gasteiger partial charge on any atom is -0.390 e. The Morgan fingerprint density at radius 2 is 1.77 bits per heavy atom. The lowest BCUT2D eigenvalue weighted by molar-refractivity contribution is -0.144. The van der Waals surface area contributed by atoms with E-state index in [0.29, 0.717) is 37.7 Å². The van der Waals surface area contributed by atoms with E-state index in [0.717, 1.165) is 12.0 Å². The van der Waals surface area contributed by atoms with Gasteiger partial charge in [0.25, 0.3) is 0 Å². The van der Waals surface area contributed by atoms with Crippen LogP contribution in [0.25, 0.3) is 0 Å². The highest BCUT2D eigenvalue weighted by Crippen LogP contribution is 2.58.